The molecule has 2 unspecified atom stereocenters. The molecule has 1 aliphatic heterocycles. The van der Waals surface area contributed by atoms with Crippen molar-refractivity contribution in [3.05, 3.63) is 16.1 Å². The SMILES string of the molecule is CCNC(C)c1csc(C2(C)CCCO2)n1. The van der Waals surface area contributed by atoms with E-state index < -0.39 is 0 Å². The van der Waals surface area contributed by atoms with Crippen LogP contribution < -0.4 is 5.32 Å². The molecule has 0 aliphatic carbocycles. The molecule has 1 aromatic heterocycles. The molecule has 4 heteroatoms. The predicted octanol–water partition coefficient (Wildman–Crippen LogP) is 2.84. The number of nitrogens with one attached hydrogen (secondary N) is 1. The Hall–Kier alpha value is -0.450. The smallest absolute Gasteiger partial charge is 0.125 e. The number of ether oxygens (including phenoxy) is 1. The van der Waals surface area contributed by atoms with Crippen molar-refractivity contribution in [3.8, 4) is 0 Å². The maximum Gasteiger partial charge on any atom is 0.125 e. The van der Waals surface area contributed by atoms with E-state index in [1.165, 1.54) is 0 Å². The van der Waals surface area contributed by atoms with Crippen LogP contribution in [0, 0.1) is 0 Å². The van der Waals surface area contributed by atoms with E-state index in [-0.39, 0.29) is 5.60 Å². The molecule has 2 heterocycles. The van der Waals surface area contributed by atoms with Crippen LogP contribution in [0.2, 0.25) is 0 Å². The summed E-state index contributed by atoms with van der Waals surface area (Å²) in [4.78, 5) is 4.71. The lowest BCUT2D eigenvalue weighted by Gasteiger charge is -2.19. The third kappa shape index (κ3) is 2.29. The molecule has 1 aliphatic rings. The fourth-order valence-electron chi connectivity index (χ4n) is 2.09. The van der Waals surface area contributed by atoms with Gasteiger partial charge >= 0.3 is 0 Å². The first-order valence-corrected chi connectivity index (χ1v) is 6.87. The first-order chi connectivity index (χ1) is 7.65. The van der Waals surface area contributed by atoms with Crippen molar-refractivity contribution >= 4 is 11.3 Å². The van der Waals surface area contributed by atoms with Crippen LogP contribution in [-0.2, 0) is 10.3 Å². The Morgan fingerprint density at radius 1 is 1.69 bits per heavy atom. The third-order valence-corrected chi connectivity index (χ3v) is 4.25. The molecule has 1 saturated heterocycles. The highest BCUT2D eigenvalue weighted by molar-refractivity contribution is 7.09. The number of hydrogen-bond acceptors (Lipinski definition) is 4. The lowest BCUT2D eigenvalue weighted by molar-refractivity contribution is 0.0165. The highest BCUT2D eigenvalue weighted by atomic mass is 32.1. The Morgan fingerprint density at radius 3 is 3.12 bits per heavy atom. The second-order valence-corrected chi connectivity index (χ2v) is 5.40. The Labute approximate surface area is 101 Å². The molecule has 1 aromatic rings. The summed E-state index contributed by atoms with van der Waals surface area (Å²) in [5.41, 5.74) is 1.01. The zero-order valence-corrected chi connectivity index (χ0v) is 11.1. The average molecular weight is 240 g/mol. The van der Waals surface area contributed by atoms with Gasteiger partial charge in [-0.25, -0.2) is 4.98 Å². The Bertz CT molecular complexity index is 345. The summed E-state index contributed by atoms with van der Waals surface area (Å²) in [7, 11) is 0. The summed E-state index contributed by atoms with van der Waals surface area (Å²) in [6, 6.07) is 0.333. The van der Waals surface area contributed by atoms with Gasteiger partial charge in [-0.2, -0.15) is 0 Å². The number of rotatable bonds is 4. The zero-order valence-electron chi connectivity index (χ0n) is 10.2. The molecular formula is C12H20N2OS. The summed E-state index contributed by atoms with van der Waals surface area (Å²) in [6.07, 6.45) is 2.24. The summed E-state index contributed by atoms with van der Waals surface area (Å²) in [5.74, 6) is 0. The topological polar surface area (TPSA) is 34.1 Å². The summed E-state index contributed by atoms with van der Waals surface area (Å²) < 4.78 is 5.81. The van der Waals surface area contributed by atoms with Gasteiger partial charge in [-0.05, 0) is 33.2 Å². The summed E-state index contributed by atoms with van der Waals surface area (Å²) in [5, 5.41) is 6.66. The van der Waals surface area contributed by atoms with Crippen LogP contribution in [0.4, 0.5) is 0 Å². The minimum absolute atomic E-state index is 0.130. The predicted molar refractivity (Wildman–Crippen MR) is 66.7 cm³/mol. The standard InChI is InChI=1S/C12H20N2OS/c1-4-13-9(2)10-8-16-11(14-10)12(3)6-5-7-15-12/h8-9,13H,4-7H2,1-3H3. The number of thiazole rings is 1. The van der Waals surface area contributed by atoms with Crippen LogP contribution in [0.1, 0.15) is 50.4 Å². The zero-order chi connectivity index (χ0) is 11.6. The highest BCUT2D eigenvalue weighted by Gasteiger charge is 2.34. The lowest BCUT2D eigenvalue weighted by atomic mass is 10.0. The van der Waals surface area contributed by atoms with Gasteiger partial charge < -0.3 is 10.1 Å². The fraction of sp³-hybridized carbons (Fsp3) is 0.750. The normalized spacial score (nSPS) is 27.2. The van der Waals surface area contributed by atoms with Crippen LogP contribution in [0.5, 0.6) is 0 Å². The van der Waals surface area contributed by atoms with E-state index in [2.05, 4.69) is 31.5 Å². The molecule has 16 heavy (non-hydrogen) atoms. The van der Waals surface area contributed by atoms with Crippen molar-refractivity contribution < 1.29 is 4.74 Å². The molecule has 2 rings (SSSR count). The Balaban J connectivity index is 2.12. The van der Waals surface area contributed by atoms with E-state index >= 15 is 0 Å². The minimum Gasteiger partial charge on any atom is -0.368 e. The van der Waals surface area contributed by atoms with E-state index in [0.717, 1.165) is 36.7 Å². The van der Waals surface area contributed by atoms with E-state index in [9.17, 15) is 0 Å². The molecule has 2 atom stereocenters. The quantitative estimate of drug-likeness (QED) is 0.878. The largest absolute Gasteiger partial charge is 0.368 e. The molecule has 1 fully saturated rings. The third-order valence-electron chi connectivity index (χ3n) is 3.15. The van der Waals surface area contributed by atoms with Crippen LogP contribution >= 0.6 is 11.3 Å². The van der Waals surface area contributed by atoms with Crippen molar-refractivity contribution in [3.63, 3.8) is 0 Å². The van der Waals surface area contributed by atoms with Gasteiger partial charge in [0.1, 0.15) is 10.6 Å². The number of hydrogen-bond donors (Lipinski definition) is 1. The fourth-order valence-corrected chi connectivity index (χ4v) is 3.14. The van der Waals surface area contributed by atoms with Crippen LogP contribution in [0.3, 0.4) is 0 Å². The van der Waals surface area contributed by atoms with Gasteiger partial charge in [-0.1, -0.05) is 6.92 Å². The average Bonchev–Trinajstić information content (AvgIpc) is 2.86. The van der Waals surface area contributed by atoms with Crippen LogP contribution in [-0.4, -0.2) is 18.1 Å². The summed E-state index contributed by atoms with van der Waals surface area (Å²) >= 11 is 1.72. The Morgan fingerprint density at radius 2 is 2.50 bits per heavy atom. The molecule has 0 spiro atoms. The summed E-state index contributed by atoms with van der Waals surface area (Å²) in [6.45, 7) is 8.27. The van der Waals surface area contributed by atoms with Crippen molar-refractivity contribution in [1.82, 2.24) is 10.3 Å². The Kier molecular flexibility index (Phi) is 3.62. The minimum atomic E-state index is -0.130. The number of aromatic nitrogens is 1. The molecule has 0 amide bonds. The highest BCUT2D eigenvalue weighted by Crippen LogP contribution is 2.37. The van der Waals surface area contributed by atoms with Crippen molar-refractivity contribution in [2.24, 2.45) is 0 Å². The first-order valence-electron chi connectivity index (χ1n) is 5.99. The molecule has 0 bridgehead atoms. The molecule has 0 saturated carbocycles. The van der Waals surface area contributed by atoms with Crippen LogP contribution in [0.25, 0.3) is 0 Å². The van der Waals surface area contributed by atoms with Gasteiger partial charge in [-0.3, -0.25) is 0 Å². The maximum absolute atomic E-state index is 5.81. The van der Waals surface area contributed by atoms with Crippen molar-refractivity contribution in [1.29, 1.82) is 0 Å². The van der Waals surface area contributed by atoms with E-state index in [1.54, 1.807) is 11.3 Å². The number of nitrogens with zero attached hydrogens (tertiary/aromatic N) is 1. The second-order valence-electron chi connectivity index (χ2n) is 4.54. The molecule has 1 N–H and O–H groups in total. The van der Waals surface area contributed by atoms with Gasteiger partial charge in [0.05, 0.1) is 5.69 Å². The van der Waals surface area contributed by atoms with Gasteiger partial charge in [-0.15, -0.1) is 11.3 Å². The lowest BCUT2D eigenvalue weighted by Crippen LogP contribution is -2.21. The van der Waals surface area contributed by atoms with E-state index in [0.29, 0.717) is 6.04 Å². The van der Waals surface area contributed by atoms with Gasteiger partial charge in [0.15, 0.2) is 0 Å². The second kappa shape index (κ2) is 4.82. The van der Waals surface area contributed by atoms with Crippen LogP contribution in [0.15, 0.2) is 5.38 Å². The molecule has 90 valence electrons. The van der Waals surface area contributed by atoms with Gasteiger partial charge in [0.25, 0.3) is 0 Å². The van der Waals surface area contributed by atoms with Gasteiger partial charge in [0, 0.05) is 18.0 Å². The molecular weight excluding hydrogens is 220 g/mol. The first kappa shape index (κ1) is 12.0. The molecule has 0 radical (unpaired) electrons. The van der Waals surface area contributed by atoms with E-state index in [1.807, 2.05) is 0 Å². The molecule has 0 aromatic carbocycles. The monoisotopic (exact) mass is 240 g/mol. The molecule has 3 nitrogen and oxygen atoms in total. The van der Waals surface area contributed by atoms with Gasteiger partial charge in [0.2, 0.25) is 0 Å². The maximum atomic E-state index is 5.81. The van der Waals surface area contributed by atoms with E-state index in [4.69, 9.17) is 9.72 Å². The van der Waals surface area contributed by atoms with Crippen molar-refractivity contribution in [2.75, 3.05) is 13.2 Å². The van der Waals surface area contributed by atoms with Crippen molar-refractivity contribution in [2.45, 2.75) is 45.3 Å².